The van der Waals surface area contributed by atoms with E-state index in [0.717, 1.165) is 36.7 Å². The average Bonchev–Trinajstić information content (AvgIpc) is 3.30. The number of benzene rings is 2. The van der Waals surface area contributed by atoms with Crippen molar-refractivity contribution in [2.45, 2.75) is 31.8 Å². The van der Waals surface area contributed by atoms with Crippen LogP contribution in [0, 0.1) is 17.6 Å². The standard InChI is InChI=1S/C29H33F2N7O3/c1-17-15-37(16-21(17)32)28-22(7-9-24(26(28)33-2)36(3)18-11-13-41-14-12-18)34-29(40)23-8-10-25(39)38(35-23)27-19(30)5-4-6-20(27)31/h4-10,17-18,21H,2,11-16,32H2,1,3H3,(H,34,40)/t17-,21+/m1/s1. The van der Waals surface area contributed by atoms with Gasteiger partial charge in [0, 0.05) is 51.5 Å². The number of aliphatic imine (C=N–C) groups is 1. The minimum absolute atomic E-state index is 0.0750. The third-order valence-corrected chi connectivity index (χ3v) is 7.82. The third kappa shape index (κ3) is 5.57. The summed E-state index contributed by atoms with van der Waals surface area (Å²) in [5, 5.41) is 6.85. The second-order valence-corrected chi connectivity index (χ2v) is 10.5. The molecule has 5 rings (SSSR count). The molecule has 2 aliphatic heterocycles. The number of hydrogen-bond acceptors (Lipinski definition) is 8. The Hall–Kier alpha value is -4.16. The summed E-state index contributed by atoms with van der Waals surface area (Å²) < 4.78 is 34.9. The number of halogens is 2. The van der Waals surface area contributed by atoms with Crippen molar-refractivity contribution in [1.82, 2.24) is 9.78 Å². The van der Waals surface area contributed by atoms with Crippen LogP contribution in [0.5, 0.6) is 0 Å². The van der Waals surface area contributed by atoms with Gasteiger partial charge in [0.1, 0.15) is 17.1 Å². The summed E-state index contributed by atoms with van der Waals surface area (Å²) in [6.07, 6.45) is 1.74. The zero-order valence-electron chi connectivity index (χ0n) is 23.0. The quantitative estimate of drug-likeness (QED) is 0.421. The van der Waals surface area contributed by atoms with Gasteiger partial charge in [-0.25, -0.2) is 8.78 Å². The summed E-state index contributed by atoms with van der Waals surface area (Å²) in [4.78, 5) is 34.6. The van der Waals surface area contributed by atoms with Crippen LogP contribution < -0.4 is 26.4 Å². The number of anilines is 3. The van der Waals surface area contributed by atoms with Crippen molar-refractivity contribution in [2.24, 2.45) is 16.6 Å². The molecule has 12 heteroatoms. The number of carbonyl (C=O) groups is 1. The minimum atomic E-state index is -0.982. The Morgan fingerprint density at radius 1 is 1.12 bits per heavy atom. The molecule has 2 fully saturated rings. The van der Waals surface area contributed by atoms with Gasteiger partial charge in [0.2, 0.25) is 0 Å². The fourth-order valence-electron chi connectivity index (χ4n) is 5.44. The molecule has 216 valence electrons. The highest BCUT2D eigenvalue weighted by molar-refractivity contribution is 6.07. The van der Waals surface area contributed by atoms with Crippen molar-refractivity contribution < 1.29 is 18.3 Å². The summed E-state index contributed by atoms with van der Waals surface area (Å²) in [6.45, 7) is 8.46. The number of nitrogens with one attached hydrogen (secondary N) is 1. The van der Waals surface area contributed by atoms with Crippen LogP contribution in [0.4, 0.5) is 31.5 Å². The predicted molar refractivity (Wildman–Crippen MR) is 155 cm³/mol. The van der Waals surface area contributed by atoms with Crippen LogP contribution in [0.15, 0.2) is 52.3 Å². The van der Waals surface area contributed by atoms with E-state index in [1.165, 1.54) is 12.1 Å². The van der Waals surface area contributed by atoms with Crippen molar-refractivity contribution in [2.75, 3.05) is 48.5 Å². The Labute approximate surface area is 236 Å². The highest BCUT2D eigenvalue weighted by Crippen LogP contribution is 2.46. The van der Waals surface area contributed by atoms with E-state index in [2.05, 4.69) is 38.8 Å². The molecule has 3 heterocycles. The van der Waals surface area contributed by atoms with Gasteiger partial charge in [0.15, 0.2) is 11.6 Å². The van der Waals surface area contributed by atoms with Gasteiger partial charge in [-0.1, -0.05) is 13.0 Å². The smallest absolute Gasteiger partial charge is 0.276 e. The lowest BCUT2D eigenvalue weighted by atomic mass is 10.0. The molecule has 41 heavy (non-hydrogen) atoms. The molecule has 10 nitrogen and oxygen atoms in total. The lowest BCUT2D eigenvalue weighted by molar-refractivity contribution is 0.0855. The van der Waals surface area contributed by atoms with Crippen LogP contribution in [-0.2, 0) is 4.74 Å². The molecular formula is C29H33F2N7O3. The van der Waals surface area contributed by atoms with Crippen LogP contribution in [0.3, 0.4) is 0 Å². The predicted octanol–water partition coefficient (Wildman–Crippen LogP) is 3.49. The minimum Gasteiger partial charge on any atom is -0.381 e. The fourth-order valence-corrected chi connectivity index (χ4v) is 5.44. The normalized spacial score (nSPS) is 19.3. The second kappa shape index (κ2) is 11.8. The Balaban J connectivity index is 1.54. The zero-order valence-corrected chi connectivity index (χ0v) is 23.0. The van der Waals surface area contributed by atoms with Gasteiger partial charge in [0.05, 0.1) is 17.1 Å². The molecule has 2 atom stereocenters. The van der Waals surface area contributed by atoms with Crippen LogP contribution in [-0.4, -0.2) is 67.8 Å². The summed E-state index contributed by atoms with van der Waals surface area (Å²) >= 11 is 0. The Morgan fingerprint density at radius 2 is 1.83 bits per heavy atom. The average molecular weight is 566 g/mol. The molecule has 2 saturated heterocycles. The number of para-hydroxylation sites is 1. The van der Waals surface area contributed by atoms with Crippen molar-refractivity contribution >= 4 is 35.4 Å². The number of nitrogens with two attached hydrogens (primary N) is 1. The first kappa shape index (κ1) is 28.4. The van der Waals surface area contributed by atoms with Crippen molar-refractivity contribution in [3.05, 3.63) is 70.1 Å². The number of hydrogen-bond donors (Lipinski definition) is 2. The van der Waals surface area contributed by atoms with E-state index in [9.17, 15) is 18.4 Å². The van der Waals surface area contributed by atoms with E-state index in [1.54, 1.807) is 6.07 Å². The monoisotopic (exact) mass is 565 g/mol. The highest BCUT2D eigenvalue weighted by atomic mass is 19.1. The number of nitrogens with zero attached hydrogens (tertiary/aromatic N) is 5. The van der Waals surface area contributed by atoms with E-state index < -0.39 is 28.8 Å². The van der Waals surface area contributed by atoms with Crippen LogP contribution in [0.2, 0.25) is 0 Å². The molecule has 0 aliphatic carbocycles. The maximum absolute atomic E-state index is 14.4. The van der Waals surface area contributed by atoms with Crippen molar-refractivity contribution in [3.8, 4) is 5.69 Å². The molecular weight excluding hydrogens is 532 g/mol. The first-order valence-electron chi connectivity index (χ1n) is 13.5. The number of amides is 1. The van der Waals surface area contributed by atoms with Gasteiger partial charge in [0.25, 0.3) is 11.5 Å². The van der Waals surface area contributed by atoms with Gasteiger partial charge in [-0.15, -0.1) is 0 Å². The molecule has 3 aromatic rings. The van der Waals surface area contributed by atoms with Crippen molar-refractivity contribution in [3.63, 3.8) is 0 Å². The lowest BCUT2D eigenvalue weighted by Crippen LogP contribution is -2.37. The summed E-state index contributed by atoms with van der Waals surface area (Å²) in [6, 6.07) is 9.28. The zero-order chi connectivity index (χ0) is 29.3. The van der Waals surface area contributed by atoms with Gasteiger partial charge in [-0.2, -0.15) is 9.78 Å². The van der Waals surface area contributed by atoms with Crippen LogP contribution in [0.25, 0.3) is 5.69 Å². The number of aromatic nitrogens is 2. The molecule has 0 radical (unpaired) electrons. The highest BCUT2D eigenvalue weighted by Gasteiger charge is 2.32. The molecule has 2 aromatic carbocycles. The van der Waals surface area contributed by atoms with Gasteiger partial charge in [-0.05, 0) is 55.8 Å². The van der Waals surface area contributed by atoms with E-state index in [0.29, 0.717) is 48.0 Å². The maximum atomic E-state index is 14.4. The molecule has 0 unspecified atom stereocenters. The largest absolute Gasteiger partial charge is 0.381 e. The molecule has 1 amide bonds. The first-order chi connectivity index (χ1) is 19.7. The Kier molecular flexibility index (Phi) is 8.13. The van der Waals surface area contributed by atoms with Gasteiger partial charge < -0.3 is 25.6 Å². The lowest BCUT2D eigenvalue weighted by Gasteiger charge is -2.35. The van der Waals surface area contributed by atoms with E-state index in [1.807, 2.05) is 13.1 Å². The van der Waals surface area contributed by atoms with Crippen LogP contribution >= 0.6 is 0 Å². The summed E-state index contributed by atoms with van der Waals surface area (Å²) in [5.41, 5.74) is 7.27. The van der Waals surface area contributed by atoms with Crippen molar-refractivity contribution in [1.29, 1.82) is 0 Å². The number of ether oxygens (including phenoxy) is 1. The topological polar surface area (TPSA) is 118 Å². The SMILES string of the molecule is C=Nc1c(N(C)C2CCOCC2)ccc(NC(=O)c2ccc(=O)n(-c3c(F)cccc3F)n2)c1N1C[C@@H](C)[C@@H](N)C1. The van der Waals surface area contributed by atoms with E-state index in [-0.39, 0.29) is 23.7 Å². The first-order valence-corrected chi connectivity index (χ1v) is 13.5. The molecule has 0 saturated carbocycles. The van der Waals surface area contributed by atoms with E-state index >= 15 is 0 Å². The van der Waals surface area contributed by atoms with E-state index in [4.69, 9.17) is 10.5 Å². The Bertz CT molecular complexity index is 1490. The fraction of sp³-hybridized carbons (Fsp3) is 0.379. The molecule has 0 spiro atoms. The van der Waals surface area contributed by atoms with Crippen LogP contribution in [0.1, 0.15) is 30.3 Å². The summed E-state index contributed by atoms with van der Waals surface area (Å²) in [7, 11) is 2.01. The maximum Gasteiger partial charge on any atom is 0.276 e. The van der Waals surface area contributed by atoms with Gasteiger partial charge in [-0.3, -0.25) is 14.6 Å². The second-order valence-electron chi connectivity index (χ2n) is 10.5. The molecule has 3 N–H and O–H groups in total. The van der Waals surface area contributed by atoms with Gasteiger partial charge >= 0.3 is 0 Å². The third-order valence-electron chi connectivity index (χ3n) is 7.82. The number of carbonyl (C=O) groups excluding carboxylic acids is 1. The summed E-state index contributed by atoms with van der Waals surface area (Å²) in [5.74, 6) is -2.43. The molecule has 2 aliphatic rings. The number of rotatable bonds is 7. The molecule has 0 bridgehead atoms. The Morgan fingerprint density at radius 3 is 2.46 bits per heavy atom. The molecule has 1 aromatic heterocycles.